The average molecular weight is 271 g/mol. The predicted octanol–water partition coefficient (Wildman–Crippen LogP) is 3.37. The van der Waals surface area contributed by atoms with Gasteiger partial charge in [0.25, 0.3) is 0 Å². The van der Waals surface area contributed by atoms with E-state index in [-0.39, 0.29) is 11.7 Å². The predicted molar refractivity (Wildman–Crippen MR) is 74.8 cm³/mol. The van der Waals surface area contributed by atoms with E-state index in [1.807, 2.05) is 18.2 Å². The van der Waals surface area contributed by atoms with Crippen LogP contribution in [0.1, 0.15) is 6.92 Å². The number of carbonyl (C=O) groups is 2. The highest BCUT2D eigenvalue weighted by molar-refractivity contribution is 5.89. The van der Waals surface area contributed by atoms with Crippen molar-refractivity contribution in [1.29, 1.82) is 0 Å². The highest BCUT2D eigenvalue weighted by Gasteiger charge is 2.03. The van der Waals surface area contributed by atoms with Gasteiger partial charge in [-0.15, -0.1) is 0 Å². The topological polar surface area (TPSA) is 75.6 Å². The van der Waals surface area contributed by atoms with Crippen LogP contribution in [-0.4, -0.2) is 17.2 Å². The van der Waals surface area contributed by atoms with E-state index < -0.39 is 6.16 Å². The molecule has 0 spiro atoms. The Morgan fingerprint density at radius 2 is 1.75 bits per heavy atom. The molecule has 0 atom stereocenters. The Morgan fingerprint density at radius 3 is 2.35 bits per heavy atom. The second kappa shape index (κ2) is 5.88. The standard InChI is InChI=1S/C15H13NO4/c1-10(17)16-13-4-2-3-12(9-13)11-5-7-14(8-6-11)20-15(18)19/h2-9H,1H3,(H,16,17)(H,18,19). The zero-order valence-electron chi connectivity index (χ0n) is 10.8. The highest BCUT2D eigenvalue weighted by atomic mass is 16.7. The number of benzene rings is 2. The Hall–Kier alpha value is -2.82. The zero-order valence-corrected chi connectivity index (χ0v) is 10.8. The van der Waals surface area contributed by atoms with Crippen molar-refractivity contribution in [2.75, 3.05) is 5.32 Å². The Balaban J connectivity index is 2.22. The fraction of sp³-hybridized carbons (Fsp3) is 0.0667. The van der Waals surface area contributed by atoms with E-state index in [0.29, 0.717) is 5.69 Å². The molecule has 5 nitrogen and oxygen atoms in total. The van der Waals surface area contributed by atoms with E-state index >= 15 is 0 Å². The van der Waals surface area contributed by atoms with Crippen LogP contribution in [0.15, 0.2) is 48.5 Å². The van der Waals surface area contributed by atoms with Crippen molar-refractivity contribution in [3.8, 4) is 16.9 Å². The molecule has 0 aliphatic rings. The number of nitrogens with one attached hydrogen (secondary N) is 1. The molecule has 2 aromatic rings. The largest absolute Gasteiger partial charge is 0.511 e. The van der Waals surface area contributed by atoms with Crippen molar-refractivity contribution in [2.24, 2.45) is 0 Å². The second-order valence-corrected chi connectivity index (χ2v) is 4.15. The number of hydrogen-bond acceptors (Lipinski definition) is 3. The van der Waals surface area contributed by atoms with Crippen LogP contribution in [0.5, 0.6) is 5.75 Å². The van der Waals surface area contributed by atoms with Gasteiger partial charge < -0.3 is 15.2 Å². The molecule has 20 heavy (non-hydrogen) atoms. The lowest BCUT2D eigenvalue weighted by atomic mass is 10.1. The molecule has 0 fully saturated rings. The third kappa shape index (κ3) is 3.58. The van der Waals surface area contributed by atoms with Crippen molar-refractivity contribution >= 4 is 17.7 Å². The van der Waals surface area contributed by atoms with Gasteiger partial charge in [0.05, 0.1) is 0 Å². The Labute approximate surface area is 115 Å². The molecular weight excluding hydrogens is 258 g/mol. The minimum Gasteiger partial charge on any atom is -0.449 e. The van der Waals surface area contributed by atoms with E-state index in [1.54, 1.807) is 30.3 Å². The summed E-state index contributed by atoms with van der Waals surface area (Å²) in [4.78, 5) is 21.4. The Kier molecular flexibility index (Phi) is 4.00. The van der Waals surface area contributed by atoms with E-state index in [0.717, 1.165) is 11.1 Å². The summed E-state index contributed by atoms with van der Waals surface area (Å²) in [6, 6.07) is 14.0. The van der Waals surface area contributed by atoms with Crippen LogP contribution < -0.4 is 10.1 Å². The lowest BCUT2D eigenvalue weighted by Gasteiger charge is -2.07. The van der Waals surface area contributed by atoms with E-state index in [2.05, 4.69) is 10.1 Å². The van der Waals surface area contributed by atoms with Crippen LogP contribution in [0.25, 0.3) is 11.1 Å². The normalized spacial score (nSPS) is 9.85. The maximum absolute atomic E-state index is 11.0. The molecule has 2 N–H and O–H groups in total. The quantitative estimate of drug-likeness (QED) is 0.663. The monoisotopic (exact) mass is 271 g/mol. The fourth-order valence-corrected chi connectivity index (χ4v) is 1.80. The molecule has 2 rings (SSSR count). The van der Waals surface area contributed by atoms with Gasteiger partial charge in [0.15, 0.2) is 0 Å². The molecule has 102 valence electrons. The van der Waals surface area contributed by atoms with E-state index in [4.69, 9.17) is 5.11 Å². The molecule has 2 aromatic carbocycles. The van der Waals surface area contributed by atoms with Crippen molar-refractivity contribution in [1.82, 2.24) is 0 Å². The van der Waals surface area contributed by atoms with Crippen molar-refractivity contribution < 1.29 is 19.4 Å². The van der Waals surface area contributed by atoms with Gasteiger partial charge in [0.1, 0.15) is 5.75 Å². The van der Waals surface area contributed by atoms with Crippen molar-refractivity contribution in [3.05, 3.63) is 48.5 Å². The van der Waals surface area contributed by atoms with Crippen LogP contribution in [0.4, 0.5) is 10.5 Å². The van der Waals surface area contributed by atoms with Gasteiger partial charge in [-0.25, -0.2) is 4.79 Å². The minimum absolute atomic E-state index is 0.132. The lowest BCUT2D eigenvalue weighted by Crippen LogP contribution is -2.05. The summed E-state index contributed by atoms with van der Waals surface area (Å²) in [6.07, 6.45) is -1.34. The van der Waals surface area contributed by atoms with Crippen LogP contribution in [0.2, 0.25) is 0 Å². The van der Waals surface area contributed by atoms with Gasteiger partial charge in [-0.3, -0.25) is 4.79 Å². The maximum atomic E-state index is 11.0. The zero-order chi connectivity index (χ0) is 14.5. The summed E-state index contributed by atoms with van der Waals surface area (Å²) in [5.41, 5.74) is 2.52. The Bertz CT molecular complexity index is 635. The molecule has 0 radical (unpaired) electrons. The molecule has 0 saturated heterocycles. The van der Waals surface area contributed by atoms with Crippen LogP contribution in [0, 0.1) is 0 Å². The van der Waals surface area contributed by atoms with Gasteiger partial charge in [-0.05, 0) is 35.4 Å². The first-order valence-corrected chi connectivity index (χ1v) is 5.93. The molecule has 0 aliphatic heterocycles. The second-order valence-electron chi connectivity index (χ2n) is 4.15. The first-order chi connectivity index (χ1) is 9.54. The van der Waals surface area contributed by atoms with Gasteiger partial charge in [-0.1, -0.05) is 24.3 Å². The summed E-state index contributed by atoms with van der Waals surface area (Å²) in [6.45, 7) is 1.45. The summed E-state index contributed by atoms with van der Waals surface area (Å²) < 4.78 is 4.54. The first-order valence-electron chi connectivity index (χ1n) is 5.93. The molecule has 5 heteroatoms. The number of carbonyl (C=O) groups excluding carboxylic acids is 1. The first kappa shape index (κ1) is 13.6. The third-order valence-corrected chi connectivity index (χ3v) is 2.58. The molecular formula is C15H13NO4. The maximum Gasteiger partial charge on any atom is 0.511 e. The number of carboxylic acid groups (broad SMARTS) is 1. The SMILES string of the molecule is CC(=O)Nc1cccc(-c2ccc(OC(=O)O)cc2)c1. The Morgan fingerprint density at radius 1 is 1.05 bits per heavy atom. The number of rotatable bonds is 3. The molecule has 0 aromatic heterocycles. The summed E-state index contributed by atoms with van der Waals surface area (Å²) >= 11 is 0. The summed E-state index contributed by atoms with van der Waals surface area (Å²) in [5.74, 6) is 0.131. The number of anilines is 1. The van der Waals surface area contributed by atoms with Crippen LogP contribution >= 0.6 is 0 Å². The van der Waals surface area contributed by atoms with Crippen molar-refractivity contribution in [3.63, 3.8) is 0 Å². The molecule has 0 unspecified atom stereocenters. The molecule has 0 aliphatic carbocycles. The molecule has 1 amide bonds. The van der Waals surface area contributed by atoms with Crippen molar-refractivity contribution in [2.45, 2.75) is 6.92 Å². The minimum atomic E-state index is -1.34. The van der Waals surface area contributed by atoms with E-state index in [9.17, 15) is 9.59 Å². The lowest BCUT2D eigenvalue weighted by molar-refractivity contribution is -0.114. The summed E-state index contributed by atoms with van der Waals surface area (Å²) in [5, 5.41) is 11.2. The van der Waals surface area contributed by atoms with Gasteiger partial charge in [0.2, 0.25) is 5.91 Å². The van der Waals surface area contributed by atoms with E-state index in [1.165, 1.54) is 6.92 Å². The average Bonchev–Trinajstić information content (AvgIpc) is 2.38. The third-order valence-electron chi connectivity index (χ3n) is 2.58. The summed E-state index contributed by atoms with van der Waals surface area (Å²) in [7, 11) is 0. The molecule has 0 bridgehead atoms. The van der Waals surface area contributed by atoms with Gasteiger partial charge in [0, 0.05) is 12.6 Å². The molecule has 0 heterocycles. The number of amides is 1. The molecule has 0 saturated carbocycles. The van der Waals surface area contributed by atoms with Crippen LogP contribution in [-0.2, 0) is 4.79 Å². The fourth-order valence-electron chi connectivity index (χ4n) is 1.80. The highest BCUT2D eigenvalue weighted by Crippen LogP contribution is 2.24. The van der Waals surface area contributed by atoms with Gasteiger partial charge in [-0.2, -0.15) is 0 Å². The number of ether oxygens (including phenoxy) is 1. The number of hydrogen-bond donors (Lipinski definition) is 2. The van der Waals surface area contributed by atoms with Gasteiger partial charge >= 0.3 is 6.16 Å². The van der Waals surface area contributed by atoms with Crippen LogP contribution in [0.3, 0.4) is 0 Å². The smallest absolute Gasteiger partial charge is 0.449 e.